The van der Waals surface area contributed by atoms with Gasteiger partial charge >= 0.3 is 0 Å². The van der Waals surface area contributed by atoms with Gasteiger partial charge in [-0.2, -0.15) is 0 Å². The van der Waals surface area contributed by atoms with Crippen molar-refractivity contribution in [1.82, 2.24) is 4.98 Å². The van der Waals surface area contributed by atoms with Crippen LogP contribution in [0.5, 0.6) is 0 Å². The van der Waals surface area contributed by atoms with Crippen molar-refractivity contribution in [3.8, 4) is 0 Å². The number of hydrogen-bond donors (Lipinski definition) is 0. The molecule has 2 heteroatoms. The first-order valence-corrected chi connectivity index (χ1v) is 5.34. The van der Waals surface area contributed by atoms with Gasteiger partial charge in [-0.25, -0.2) is 0 Å². The quantitative estimate of drug-likeness (QED) is 0.649. The smallest absolute Gasteiger partial charge is 0.0594 e. The third-order valence-corrected chi connectivity index (χ3v) is 2.29. The van der Waals surface area contributed by atoms with Gasteiger partial charge in [-0.1, -0.05) is 18.2 Å². The van der Waals surface area contributed by atoms with E-state index in [9.17, 15) is 0 Å². The summed E-state index contributed by atoms with van der Waals surface area (Å²) in [6, 6.07) is 2.02. The molecule has 0 bridgehead atoms. The molecule has 2 nitrogen and oxygen atoms in total. The lowest BCUT2D eigenvalue weighted by molar-refractivity contribution is 0.936. The number of hydrogen-bond acceptors (Lipinski definition) is 2. The largest absolute Gasteiger partial charge is 0.363 e. The summed E-state index contributed by atoms with van der Waals surface area (Å²) in [6.45, 7) is 12.9. The minimum absolute atomic E-state index is 0.794. The first-order chi connectivity index (χ1) is 7.83. The summed E-state index contributed by atoms with van der Waals surface area (Å²) in [6.07, 6.45) is 10.2. The third kappa shape index (κ3) is 3.09. The molecule has 1 aromatic rings. The van der Waals surface area contributed by atoms with E-state index in [4.69, 9.17) is 0 Å². The highest BCUT2D eigenvalue weighted by atomic mass is 15.1. The maximum Gasteiger partial charge on any atom is 0.0594 e. The number of pyridine rings is 1. The number of nitrogens with zero attached hydrogens (tertiary/aromatic N) is 2. The van der Waals surface area contributed by atoms with Gasteiger partial charge < -0.3 is 4.90 Å². The Balaban J connectivity index is 3.00. The van der Waals surface area contributed by atoms with Crippen molar-refractivity contribution in [1.29, 1.82) is 0 Å². The Kier molecular flexibility index (Phi) is 5.06. The van der Waals surface area contributed by atoms with E-state index >= 15 is 0 Å². The fraction of sp³-hybridized carbons (Fsp3) is 0.214. The molecule has 0 unspecified atom stereocenters. The summed E-state index contributed by atoms with van der Waals surface area (Å²) in [5.74, 6) is 0. The number of allylic oxidation sites excluding steroid dienone is 1. The van der Waals surface area contributed by atoms with Crippen LogP contribution >= 0.6 is 0 Å². The van der Waals surface area contributed by atoms with Crippen LogP contribution < -0.4 is 4.90 Å². The topological polar surface area (TPSA) is 16.1 Å². The fourth-order valence-electron chi connectivity index (χ4n) is 1.61. The molecule has 0 amide bonds. The molecule has 1 aromatic heterocycles. The summed E-state index contributed by atoms with van der Waals surface area (Å²) in [4.78, 5) is 6.35. The summed E-state index contributed by atoms with van der Waals surface area (Å²) < 4.78 is 0. The summed E-state index contributed by atoms with van der Waals surface area (Å²) >= 11 is 0. The average Bonchev–Trinajstić information content (AvgIpc) is 2.30. The van der Waals surface area contributed by atoms with Crippen molar-refractivity contribution in [3.05, 3.63) is 62.0 Å². The Morgan fingerprint density at radius 1 is 1.12 bits per heavy atom. The summed E-state index contributed by atoms with van der Waals surface area (Å²) in [5, 5.41) is 0. The van der Waals surface area contributed by atoms with Crippen LogP contribution in [0.2, 0.25) is 0 Å². The second-order valence-electron chi connectivity index (χ2n) is 3.48. The van der Waals surface area contributed by atoms with Crippen LogP contribution in [0.15, 0.2) is 56.4 Å². The van der Waals surface area contributed by atoms with Crippen LogP contribution in [0.3, 0.4) is 0 Å². The molecule has 0 aliphatic carbocycles. The van der Waals surface area contributed by atoms with Crippen LogP contribution in [0.4, 0.5) is 5.69 Å². The Labute approximate surface area is 97.6 Å². The van der Waals surface area contributed by atoms with Crippen molar-refractivity contribution in [2.45, 2.75) is 6.42 Å². The third-order valence-electron chi connectivity index (χ3n) is 2.29. The molecule has 0 aromatic carbocycles. The van der Waals surface area contributed by atoms with Crippen LogP contribution in [0.1, 0.15) is 5.56 Å². The zero-order valence-corrected chi connectivity index (χ0v) is 9.60. The summed E-state index contributed by atoms with van der Waals surface area (Å²) in [7, 11) is 0. The van der Waals surface area contributed by atoms with Crippen molar-refractivity contribution in [2.24, 2.45) is 0 Å². The van der Waals surface area contributed by atoms with Gasteiger partial charge in [0, 0.05) is 19.3 Å². The van der Waals surface area contributed by atoms with Crippen molar-refractivity contribution in [2.75, 3.05) is 18.0 Å². The Morgan fingerprint density at radius 2 is 1.81 bits per heavy atom. The molecule has 0 atom stereocenters. The monoisotopic (exact) mass is 214 g/mol. The minimum atomic E-state index is 0.794. The molecular formula is C14H18N2. The van der Waals surface area contributed by atoms with Gasteiger partial charge in [0.1, 0.15) is 0 Å². The Morgan fingerprint density at radius 3 is 2.38 bits per heavy atom. The van der Waals surface area contributed by atoms with E-state index in [2.05, 4.69) is 29.6 Å². The lowest BCUT2D eigenvalue weighted by Crippen LogP contribution is -2.24. The molecular weight excluding hydrogens is 196 g/mol. The zero-order chi connectivity index (χ0) is 11.8. The second kappa shape index (κ2) is 6.62. The normalized spacial score (nSPS) is 9.50. The predicted molar refractivity (Wildman–Crippen MR) is 70.7 cm³/mol. The molecule has 0 saturated carbocycles. The average molecular weight is 214 g/mol. The number of rotatable bonds is 7. The number of anilines is 1. The zero-order valence-electron chi connectivity index (χ0n) is 9.60. The molecule has 0 aliphatic rings. The van der Waals surface area contributed by atoms with Gasteiger partial charge in [0.2, 0.25) is 0 Å². The van der Waals surface area contributed by atoms with E-state index in [-0.39, 0.29) is 0 Å². The van der Waals surface area contributed by atoms with Crippen LogP contribution in [-0.4, -0.2) is 18.1 Å². The van der Waals surface area contributed by atoms with Crippen LogP contribution in [0, 0.1) is 0 Å². The molecule has 0 radical (unpaired) electrons. The van der Waals surface area contributed by atoms with Crippen molar-refractivity contribution in [3.63, 3.8) is 0 Å². The highest BCUT2D eigenvalue weighted by Crippen LogP contribution is 2.19. The Bertz CT molecular complexity index is 359. The highest BCUT2D eigenvalue weighted by molar-refractivity contribution is 5.53. The lowest BCUT2D eigenvalue weighted by atomic mass is 10.1. The van der Waals surface area contributed by atoms with E-state index < -0.39 is 0 Å². The molecule has 0 spiro atoms. The van der Waals surface area contributed by atoms with Crippen LogP contribution in [0.25, 0.3) is 0 Å². The first-order valence-electron chi connectivity index (χ1n) is 5.34. The molecule has 1 heterocycles. The Hall–Kier alpha value is -1.83. The van der Waals surface area contributed by atoms with Crippen molar-refractivity contribution < 1.29 is 0 Å². The van der Waals surface area contributed by atoms with E-state index in [1.165, 1.54) is 5.56 Å². The van der Waals surface area contributed by atoms with Gasteiger partial charge in [0.05, 0.1) is 11.9 Å². The van der Waals surface area contributed by atoms with Gasteiger partial charge in [-0.3, -0.25) is 4.98 Å². The van der Waals surface area contributed by atoms with E-state index in [1.807, 2.05) is 36.7 Å². The highest BCUT2D eigenvalue weighted by Gasteiger charge is 2.07. The summed E-state index contributed by atoms with van der Waals surface area (Å²) in [5.41, 5.74) is 2.36. The first kappa shape index (κ1) is 12.2. The molecule has 1 rings (SSSR count). The van der Waals surface area contributed by atoms with Gasteiger partial charge in [0.15, 0.2) is 0 Å². The van der Waals surface area contributed by atoms with Gasteiger partial charge in [0.25, 0.3) is 0 Å². The second-order valence-corrected chi connectivity index (χ2v) is 3.48. The minimum Gasteiger partial charge on any atom is -0.363 e. The van der Waals surface area contributed by atoms with E-state index in [0.717, 1.165) is 25.2 Å². The molecule has 0 aliphatic heterocycles. The molecule has 0 N–H and O–H groups in total. The number of aromatic nitrogens is 1. The van der Waals surface area contributed by atoms with E-state index in [1.54, 1.807) is 0 Å². The lowest BCUT2D eigenvalue weighted by Gasteiger charge is -2.23. The van der Waals surface area contributed by atoms with Crippen molar-refractivity contribution >= 4 is 5.69 Å². The van der Waals surface area contributed by atoms with Gasteiger partial charge in [-0.05, 0) is 18.1 Å². The maximum atomic E-state index is 4.17. The van der Waals surface area contributed by atoms with Crippen LogP contribution in [-0.2, 0) is 6.42 Å². The molecule has 0 saturated heterocycles. The predicted octanol–water partition coefficient (Wildman–Crippen LogP) is 2.99. The maximum absolute atomic E-state index is 4.17. The molecule has 16 heavy (non-hydrogen) atoms. The van der Waals surface area contributed by atoms with E-state index in [0.29, 0.717) is 0 Å². The SMILES string of the molecule is C=CCc1ccncc1N(CC=C)CC=C. The molecule has 0 fully saturated rings. The molecule has 84 valence electrons. The van der Waals surface area contributed by atoms with Gasteiger partial charge in [-0.15, -0.1) is 19.7 Å². The fourth-order valence-corrected chi connectivity index (χ4v) is 1.61. The standard InChI is InChI=1S/C14H18N2/c1-4-7-13-8-9-15-12-14(13)16(10-5-2)11-6-3/h4-6,8-9,12H,1-3,7,10-11H2.